The van der Waals surface area contributed by atoms with Gasteiger partial charge in [0.1, 0.15) is 5.76 Å². The van der Waals surface area contributed by atoms with Crippen LogP contribution in [0.15, 0.2) is 29.0 Å². The lowest BCUT2D eigenvalue weighted by atomic mass is 10.1. The molecule has 2 aromatic heterocycles. The average Bonchev–Trinajstić information content (AvgIpc) is 2.74. The summed E-state index contributed by atoms with van der Waals surface area (Å²) in [5, 5.41) is 0. The number of furan rings is 1. The highest BCUT2D eigenvalue weighted by atomic mass is 32.1. The molecule has 5 heteroatoms. The third kappa shape index (κ3) is 1.93. The second kappa shape index (κ2) is 3.68. The molecule has 0 aromatic carbocycles. The summed E-state index contributed by atoms with van der Waals surface area (Å²) < 4.78 is 13.1. The van der Waals surface area contributed by atoms with Crippen LogP contribution in [0.5, 0.6) is 0 Å². The molecule has 0 bridgehead atoms. The van der Waals surface area contributed by atoms with E-state index < -0.39 is 0 Å². The van der Waals surface area contributed by atoms with Crippen LogP contribution in [0.25, 0.3) is 0 Å². The molecule has 0 spiro atoms. The van der Waals surface area contributed by atoms with Gasteiger partial charge in [0.25, 0.3) is 0 Å². The van der Waals surface area contributed by atoms with Crippen LogP contribution in [-0.2, 0) is 6.42 Å². The average molecular weight is 195 g/mol. The molecule has 1 unspecified atom stereocenters. The van der Waals surface area contributed by atoms with Crippen LogP contribution < -0.4 is 5.73 Å². The fraction of sp³-hybridized carbons (Fsp3) is 0.250. The van der Waals surface area contributed by atoms with Gasteiger partial charge in [0, 0.05) is 6.42 Å². The number of nitrogens with two attached hydrogens (primary N) is 1. The lowest BCUT2D eigenvalue weighted by Gasteiger charge is -2.04. The molecule has 0 radical (unpaired) electrons. The Morgan fingerprint density at radius 1 is 1.62 bits per heavy atom. The van der Waals surface area contributed by atoms with E-state index in [0.717, 1.165) is 11.5 Å². The maximum absolute atomic E-state index is 5.87. The van der Waals surface area contributed by atoms with E-state index in [1.54, 1.807) is 12.5 Å². The van der Waals surface area contributed by atoms with Crippen molar-refractivity contribution in [2.75, 3.05) is 0 Å². The molecule has 0 amide bonds. The molecular weight excluding hydrogens is 186 g/mol. The Morgan fingerprint density at radius 3 is 3.15 bits per heavy atom. The predicted octanol–water partition coefficient (Wildman–Crippen LogP) is 1.37. The molecule has 0 saturated heterocycles. The maximum Gasteiger partial charge on any atom is 0.105 e. The summed E-state index contributed by atoms with van der Waals surface area (Å²) in [6, 6.07) is 3.63. The van der Waals surface area contributed by atoms with Gasteiger partial charge in [0.15, 0.2) is 0 Å². The van der Waals surface area contributed by atoms with Crippen molar-refractivity contribution in [3.63, 3.8) is 0 Å². The lowest BCUT2D eigenvalue weighted by molar-refractivity contribution is 0.486. The van der Waals surface area contributed by atoms with E-state index in [4.69, 9.17) is 10.2 Å². The maximum atomic E-state index is 5.87. The molecule has 13 heavy (non-hydrogen) atoms. The third-order valence-electron chi connectivity index (χ3n) is 1.76. The van der Waals surface area contributed by atoms with Gasteiger partial charge in [-0.1, -0.05) is 0 Å². The summed E-state index contributed by atoms with van der Waals surface area (Å²) in [7, 11) is 0. The zero-order valence-corrected chi connectivity index (χ0v) is 7.70. The summed E-state index contributed by atoms with van der Waals surface area (Å²) in [5.74, 6) is 0.875. The first-order valence-electron chi connectivity index (χ1n) is 3.91. The monoisotopic (exact) mass is 195 g/mol. The highest BCUT2D eigenvalue weighted by Crippen LogP contribution is 2.14. The predicted molar refractivity (Wildman–Crippen MR) is 49.2 cm³/mol. The van der Waals surface area contributed by atoms with E-state index >= 15 is 0 Å². The number of nitrogens with zero attached hydrogens (tertiary/aromatic N) is 2. The molecule has 0 aliphatic carbocycles. The Hall–Kier alpha value is -1.20. The molecule has 2 N–H and O–H groups in total. The zero-order chi connectivity index (χ0) is 9.10. The van der Waals surface area contributed by atoms with Gasteiger partial charge < -0.3 is 10.2 Å². The Kier molecular flexibility index (Phi) is 2.37. The molecule has 0 aliphatic heterocycles. The minimum atomic E-state index is -0.120. The van der Waals surface area contributed by atoms with Crippen LogP contribution in [0.1, 0.15) is 17.5 Å². The lowest BCUT2D eigenvalue weighted by Crippen LogP contribution is -2.13. The molecule has 4 nitrogen and oxygen atoms in total. The van der Waals surface area contributed by atoms with Gasteiger partial charge in [0.2, 0.25) is 0 Å². The number of hydrogen-bond donors (Lipinski definition) is 1. The molecular formula is C8H9N3OS. The van der Waals surface area contributed by atoms with Gasteiger partial charge in [-0.05, 0) is 12.1 Å². The summed E-state index contributed by atoms with van der Waals surface area (Å²) in [5.41, 5.74) is 6.70. The minimum absolute atomic E-state index is 0.120. The van der Waals surface area contributed by atoms with E-state index in [0.29, 0.717) is 6.42 Å². The smallest absolute Gasteiger partial charge is 0.105 e. The van der Waals surface area contributed by atoms with Crippen LogP contribution in [-0.4, -0.2) is 8.75 Å². The molecule has 2 aromatic rings. The van der Waals surface area contributed by atoms with E-state index in [1.807, 2.05) is 12.1 Å². The van der Waals surface area contributed by atoms with E-state index in [9.17, 15) is 0 Å². The largest absolute Gasteiger partial charge is 0.469 e. The summed E-state index contributed by atoms with van der Waals surface area (Å²) >= 11 is 1.17. The number of aromatic nitrogens is 2. The fourth-order valence-electron chi connectivity index (χ4n) is 1.09. The zero-order valence-electron chi connectivity index (χ0n) is 6.88. The molecule has 2 heterocycles. The van der Waals surface area contributed by atoms with Gasteiger partial charge in [-0.15, -0.1) is 0 Å². The van der Waals surface area contributed by atoms with Crippen LogP contribution in [0.4, 0.5) is 0 Å². The SMILES string of the molecule is NC(Cc1ccco1)c1cnsn1. The summed E-state index contributed by atoms with van der Waals surface area (Å²) in [4.78, 5) is 0. The summed E-state index contributed by atoms with van der Waals surface area (Å²) in [6.07, 6.45) is 4.00. The summed E-state index contributed by atoms with van der Waals surface area (Å²) in [6.45, 7) is 0. The Morgan fingerprint density at radius 2 is 2.54 bits per heavy atom. The first-order valence-corrected chi connectivity index (χ1v) is 4.64. The number of hydrogen-bond acceptors (Lipinski definition) is 5. The first-order chi connectivity index (χ1) is 6.36. The molecule has 0 aliphatic rings. The Labute approximate surface area is 79.7 Å². The molecule has 1 atom stereocenters. The van der Waals surface area contributed by atoms with Crippen molar-refractivity contribution in [1.29, 1.82) is 0 Å². The highest BCUT2D eigenvalue weighted by molar-refractivity contribution is 6.99. The van der Waals surface area contributed by atoms with Crippen molar-refractivity contribution in [2.45, 2.75) is 12.5 Å². The van der Waals surface area contributed by atoms with Gasteiger partial charge in [0.05, 0.1) is 35.9 Å². The van der Waals surface area contributed by atoms with Crippen LogP contribution in [0.3, 0.4) is 0 Å². The Bertz CT molecular complexity index is 343. The minimum Gasteiger partial charge on any atom is -0.469 e. The molecule has 68 valence electrons. The normalized spacial score (nSPS) is 13.0. The standard InChI is InChI=1S/C8H9N3OS/c9-7(8-5-10-13-11-8)4-6-2-1-3-12-6/h1-3,5,7H,4,9H2. The fourth-order valence-corrected chi connectivity index (χ4v) is 1.56. The highest BCUT2D eigenvalue weighted by Gasteiger charge is 2.10. The Balaban J connectivity index is 2.04. The van der Waals surface area contributed by atoms with Gasteiger partial charge in [-0.2, -0.15) is 8.75 Å². The van der Waals surface area contributed by atoms with Crippen molar-refractivity contribution in [3.8, 4) is 0 Å². The van der Waals surface area contributed by atoms with E-state index in [1.165, 1.54) is 11.7 Å². The van der Waals surface area contributed by atoms with E-state index in [2.05, 4.69) is 8.75 Å². The van der Waals surface area contributed by atoms with Crippen molar-refractivity contribution in [1.82, 2.24) is 8.75 Å². The molecule has 0 saturated carbocycles. The second-order valence-corrected chi connectivity index (χ2v) is 3.28. The molecule has 2 rings (SSSR count). The van der Waals surface area contributed by atoms with Crippen molar-refractivity contribution in [2.24, 2.45) is 5.73 Å². The van der Waals surface area contributed by atoms with Gasteiger partial charge >= 0.3 is 0 Å². The second-order valence-electron chi connectivity index (χ2n) is 2.72. The first kappa shape index (κ1) is 8.40. The molecule has 0 fully saturated rings. The van der Waals surface area contributed by atoms with E-state index in [-0.39, 0.29) is 6.04 Å². The van der Waals surface area contributed by atoms with Crippen molar-refractivity contribution >= 4 is 11.7 Å². The number of rotatable bonds is 3. The van der Waals surface area contributed by atoms with Crippen LogP contribution >= 0.6 is 11.7 Å². The van der Waals surface area contributed by atoms with Crippen LogP contribution in [0.2, 0.25) is 0 Å². The topological polar surface area (TPSA) is 64.9 Å². The van der Waals surface area contributed by atoms with Crippen molar-refractivity contribution < 1.29 is 4.42 Å². The van der Waals surface area contributed by atoms with Crippen LogP contribution in [0, 0.1) is 0 Å². The van der Waals surface area contributed by atoms with Crippen molar-refractivity contribution in [3.05, 3.63) is 36.0 Å². The third-order valence-corrected chi connectivity index (χ3v) is 2.25. The van der Waals surface area contributed by atoms with Gasteiger partial charge in [-0.3, -0.25) is 0 Å². The van der Waals surface area contributed by atoms with Gasteiger partial charge in [-0.25, -0.2) is 0 Å². The quantitative estimate of drug-likeness (QED) is 0.803.